The number of aryl methyl sites for hydroxylation is 1. The third-order valence-corrected chi connectivity index (χ3v) is 5.99. The molecule has 0 spiro atoms. The van der Waals surface area contributed by atoms with Crippen molar-refractivity contribution in [1.82, 2.24) is 19.7 Å². The molecule has 2 aliphatic heterocycles. The molecule has 4 rings (SSSR count). The van der Waals surface area contributed by atoms with Crippen LogP contribution >= 0.6 is 15.9 Å². The van der Waals surface area contributed by atoms with Gasteiger partial charge < -0.3 is 9.88 Å². The van der Waals surface area contributed by atoms with E-state index < -0.39 is 0 Å². The van der Waals surface area contributed by atoms with Gasteiger partial charge in [0, 0.05) is 17.4 Å². The first-order chi connectivity index (χ1) is 12.7. The highest BCUT2D eigenvalue weighted by atomic mass is 79.9. The first-order valence-electron chi connectivity index (χ1n) is 9.43. The van der Waals surface area contributed by atoms with E-state index in [0.717, 1.165) is 54.2 Å². The number of benzene rings is 1. The number of carbonyl (C=O) groups is 1. The average molecular weight is 418 g/mol. The lowest BCUT2D eigenvalue weighted by Crippen LogP contribution is -2.34. The summed E-state index contributed by atoms with van der Waals surface area (Å²) < 4.78 is 3.20. The number of anilines is 1. The van der Waals surface area contributed by atoms with Gasteiger partial charge in [-0.15, -0.1) is 10.2 Å². The summed E-state index contributed by atoms with van der Waals surface area (Å²) in [5, 5.41) is 11.9. The zero-order chi connectivity index (χ0) is 17.9. The molecule has 1 saturated heterocycles. The SMILES string of the molecule is O=C(CN1CCCC1c1nnc2n1CCCCC2)Nc1ccccc1Br. The summed E-state index contributed by atoms with van der Waals surface area (Å²) in [6.07, 6.45) is 6.79. The number of amides is 1. The highest BCUT2D eigenvalue weighted by Crippen LogP contribution is 2.32. The summed E-state index contributed by atoms with van der Waals surface area (Å²) in [6.45, 7) is 2.32. The molecule has 1 unspecified atom stereocenters. The summed E-state index contributed by atoms with van der Waals surface area (Å²) in [5.41, 5.74) is 0.810. The number of para-hydroxylation sites is 1. The van der Waals surface area contributed by atoms with Crippen molar-refractivity contribution >= 4 is 27.5 Å². The Morgan fingerprint density at radius 2 is 2.04 bits per heavy atom. The second-order valence-electron chi connectivity index (χ2n) is 7.09. The van der Waals surface area contributed by atoms with Crippen LogP contribution < -0.4 is 5.32 Å². The number of nitrogens with zero attached hydrogens (tertiary/aromatic N) is 4. The minimum atomic E-state index is 0.0133. The highest BCUT2D eigenvalue weighted by Gasteiger charge is 2.32. The van der Waals surface area contributed by atoms with Crippen LogP contribution in [-0.2, 0) is 17.8 Å². The van der Waals surface area contributed by atoms with Gasteiger partial charge in [0.1, 0.15) is 11.6 Å². The van der Waals surface area contributed by atoms with E-state index in [0.29, 0.717) is 6.54 Å². The van der Waals surface area contributed by atoms with Crippen LogP contribution in [0.5, 0.6) is 0 Å². The summed E-state index contributed by atoms with van der Waals surface area (Å²) in [5.74, 6) is 2.18. The molecule has 1 amide bonds. The average Bonchev–Trinajstić information content (AvgIpc) is 3.17. The van der Waals surface area contributed by atoms with Gasteiger partial charge in [0.2, 0.25) is 5.91 Å². The summed E-state index contributed by atoms with van der Waals surface area (Å²) in [7, 11) is 0. The molecule has 0 radical (unpaired) electrons. The van der Waals surface area contributed by atoms with Crippen LogP contribution in [0.3, 0.4) is 0 Å². The van der Waals surface area contributed by atoms with Crippen molar-refractivity contribution in [1.29, 1.82) is 0 Å². The fourth-order valence-corrected chi connectivity index (χ4v) is 4.38. The maximum Gasteiger partial charge on any atom is 0.238 e. The van der Waals surface area contributed by atoms with Crippen LogP contribution in [0.25, 0.3) is 0 Å². The third-order valence-electron chi connectivity index (χ3n) is 5.29. The molecule has 138 valence electrons. The number of likely N-dealkylation sites (tertiary alicyclic amines) is 1. The number of halogens is 1. The van der Waals surface area contributed by atoms with E-state index >= 15 is 0 Å². The Morgan fingerprint density at radius 3 is 2.92 bits per heavy atom. The summed E-state index contributed by atoms with van der Waals surface area (Å²) >= 11 is 3.48. The minimum Gasteiger partial charge on any atom is -0.324 e. The first kappa shape index (κ1) is 17.7. The quantitative estimate of drug-likeness (QED) is 0.825. The van der Waals surface area contributed by atoms with Crippen LogP contribution in [0.1, 0.15) is 49.8 Å². The van der Waals surface area contributed by atoms with Gasteiger partial charge in [-0.2, -0.15) is 0 Å². The van der Waals surface area contributed by atoms with E-state index in [1.165, 1.54) is 19.3 Å². The van der Waals surface area contributed by atoms with Gasteiger partial charge in [-0.3, -0.25) is 9.69 Å². The van der Waals surface area contributed by atoms with E-state index in [9.17, 15) is 4.79 Å². The molecule has 3 heterocycles. The molecule has 1 fully saturated rings. The largest absolute Gasteiger partial charge is 0.324 e. The maximum absolute atomic E-state index is 12.6. The maximum atomic E-state index is 12.6. The van der Waals surface area contributed by atoms with Gasteiger partial charge >= 0.3 is 0 Å². The van der Waals surface area contributed by atoms with Crippen molar-refractivity contribution in [2.24, 2.45) is 0 Å². The molecule has 1 aromatic heterocycles. The smallest absolute Gasteiger partial charge is 0.238 e. The third kappa shape index (κ3) is 3.69. The fraction of sp³-hybridized carbons (Fsp3) is 0.526. The molecule has 6 nitrogen and oxygen atoms in total. The van der Waals surface area contributed by atoms with Crippen LogP contribution in [-0.4, -0.2) is 38.7 Å². The Bertz CT molecular complexity index is 790. The van der Waals surface area contributed by atoms with Crippen LogP contribution in [0, 0.1) is 0 Å². The molecule has 2 aliphatic rings. The summed E-state index contributed by atoms with van der Waals surface area (Å²) in [6, 6.07) is 7.89. The predicted octanol–water partition coefficient (Wildman–Crippen LogP) is 3.54. The van der Waals surface area contributed by atoms with Crippen molar-refractivity contribution < 1.29 is 4.79 Å². The summed E-state index contributed by atoms with van der Waals surface area (Å²) in [4.78, 5) is 14.8. The molecule has 0 bridgehead atoms. The van der Waals surface area contributed by atoms with Crippen molar-refractivity contribution in [3.8, 4) is 0 Å². The van der Waals surface area contributed by atoms with Gasteiger partial charge in [-0.05, 0) is 60.3 Å². The Morgan fingerprint density at radius 1 is 1.15 bits per heavy atom. The van der Waals surface area contributed by atoms with Crippen molar-refractivity contribution in [2.75, 3.05) is 18.4 Å². The van der Waals surface area contributed by atoms with Gasteiger partial charge in [-0.25, -0.2) is 0 Å². The van der Waals surface area contributed by atoms with E-state index in [2.05, 4.69) is 40.9 Å². The predicted molar refractivity (Wildman–Crippen MR) is 104 cm³/mol. The number of fused-ring (bicyclic) bond motifs is 1. The van der Waals surface area contributed by atoms with E-state index in [4.69, 9.17) is 0 Å². The second-order valence-corrected chi connectivity index (χ2v) is 7.95. The fourth-order valence-electron chi connectivity index (χ4n) is 4.00. The van der Waals surface area contributed by atoms with Gasteiger partial charge in [0.25, 0.3) is 0 Å². The zero-order valence-electron chi connectivity index (χ0n) is 14.8. The normalized spacial score (nSPS) is 20.6. The molecule has 1 atom stereocenters. The second kappa shape index (κ2) is 7.88. The van der Waals surface area contributed by atoms with Crippen molar-refractivity contribution in [3.63, 3.8) is 0 Å². The van der Waals surface area contributed by atoms with E-state index in [-0.39, 0.29) is 11.9 Å². The topological polar surface area (TPSA) is 63.1 Å². The molecular weight excluding hydrogens is 394 g/mol. The number of carbonyl (C=O) groups excluding carboxylic acids is 1. The molecule has 1 aromatic carbocycles. The Labute approximate surface area is 162 Å². The lowest BCUT2D eigenvalue weighted by molar-refractivity contribution is -0.117. The van der Waals surface area contributed by atoms with Crippen LogP contribution in [0.2, 0.25) is 0 Å². The van der Waals surface area contributed by atoms with Gasteiger partial charge in [0.05, 0.1) is 18.3 Å². The molecule has 0 saturated carbocycles. The zero-order valence-corrected chi connectivity index (χ0v) is 16.4. The monoisotopic (exact) mass is 417 g/mol. The van der Waals surface area contributed by atoms with Crippen LogP contribution in [0.4, 0.5) is 5.69 Å². The number of hydrogen-bond donors (Lipinski definition) is 1. The van der Waals surface area contributed by atoms with E-state index in [1.54, 1.807) is 0 Å². The Kier molecular flexibility index (Phi) is 5.36. The van der Waals surface area contributed by atoms with Gasteiger partial charge in [0.15, 0.2) is 0 Å². The van der Waals surface area contributed by atoms with Crippen LogP contribution in [0.15, 0.2) is 28.7 Å². The van der Waals surface area contributed by atoms with Crippen molar-refractivity contribution in [2.45, 2.75) is 51.1 Å². The Hall–Kier alpha value is -1.73. The number of hydrogen-bond acceptors (Lipinski definition) is 4. The number of rotatable bonds is 4. The first-order valence-corrected chi connectivity index (χ1v) is 10.2. The Balaban J connectivity index is 1.46. The molecule has 26 heavy (non-hydrogen) atoms. The standard InChI is InChI=1S/C19H24BrN5O/c20-14-7-3-4-8-15(14)21-18(26)13-24-11-6-9-16(24)19-23-22-17-10-2-1-5-12-25(17)19/h3-4,7-8,16H,1-2,5-6,9-13H2,(H,21,26). The minimum absolute atomic E-state index is 0.0133. The van der Waals surface area contributed by atoms with Crippen molar-refractivity contribution in [3.05, 3.63) is 40.4 Å². The lowest BCUT2D eigenvalue weighted by atomic mass is 10.2. The molecule has 7 heteroatoms. The number of aromatic nitrogens is 3. The molecule has 1 N–H and O–H groups in total. The molecule has 0 aliphatic carbocycles. The van der Waals surface area contributed by atoms with Gasteiger partial charge in [-0.1, -0.05) is 18.6 Å². The lowest BCUT2D eigenvalue weighted by Gasteiger charge is -2.24. The molecular formula is C19H24BrN5O. The molecule has 2 aromatic rings. The number of nitrogens with one attached hydrogen (secondary N) is 1. The van der Waals surface area contributed by atoms with E-state index in [1.807, 2.05) is 24.3 Å². The highest BCUT2D eigenvalue weighted by molar-refractivity contribution is 9.10.